The Kier molecular flexibility index (Phi) is 4.16. The third kappa shape index (κ3) is 3.42. The first-order valence-electron chi connectivity index (χ1n) is 6.92. The molecule has 0 radical (unpaired) electrons. The van der Waals surface area contributed by atoms with Crippen molar-refractivity contribution in [1.82, 2.24) is 4.98 Å². The number of carbonyl (C=O) groups is 2. The Hall–Kier alpha value is -2.61. The number of benzene rings is 1. The molecule has 0 unspecified atom stereocenters. The quantitative estimate of drug-likeness (QED) is 0.872. The molecule has 0 atom stereocenters. The zero-order valence-corrected chi connectivity index (χ0v) is 13.1. The smallest absolute Gasteiger partial charge is 0.303 e. The number of ether oxygens (including phenoxy) is 2. The van der Waals surface area contributed by atoms with Gasteiger partial charge in [0.1, 0.15) is 0 Å². The number of rotatable bonds is 5. The molecule has 1 aliphatic rings. The third-order valence-corrected chi connectivity index (χ3v) is 4.14. The summed E-state index contributed by atoms with van der Waals surface area (Å²) in [6.07, 6.45) is -0.279. The number of nitrogens with one attached hydrogen (secondary N) is 1. The minimum Gasteiger partial charge on any atom is -0.481 e. The second-order valence-electron chi connectivity index (χ2n) is 4.93. The summed E-state index contributed by atoms with van der Waals surface area (Å²) < 4.78 is 10.6. The number of carbonyl (C=O) groups excluding carboxylic acids is 1. The molecule has 0 saturated heterocycles. The van der Waals surface area contributed by atoms with E-state index in [1.165, 1.54) is 11.3 Å². The minimum absolute atomic E-state index is 0.0761. The number of hydrogen-bond donors (Lipinski definition) is 2. The maximum atomic E-state index is 11.7. The van der Waals surface area contributed by atoms with Gasteiger partial charge in [-0.3, -0.25) is 9.59 Å². The molecule has 120 valence electrons. The number of thiazole rings is 1. The topological polar surface area (TPSA) is 97.8 Å². The highest BCUT2D eigenvalue weighted by atomic mass is 32.1. The van der Waals surface area contributed by atoms with Crippen LogP contribution in [0.3, 0.4) is 0 Å². The van der Waals surface area contributed by atoms with Crippen LogP contribution in [0.1, 0.15) is 17.7 Å². The number of carboxylic acid groups (broad SMARTS) is 1. The number of anilines is 1. The summed E-state index contributed by atoms with van der Waals surface area (Å²) in [5.41, 5.74) is 1.62. The van der Waals surface area contributed by atoms with Gasteiger partial charge >= 0.3 is 5.97 Å². The zero-order valence-electron chi connectivity index (χ0n) is 12.3. The van der Waals surface area contributed by atoms with E-state index in [0.717, 1.165) is 16.1 Å². The highest BCUT2D eigenvalue weighted by molar-refractivity contribution is 7.16. The Balaban J connectivity index is 1.76. The molecular weight excluding hydrogens is 320 g/mol. The first kappa shape index (κ1) is 15.3. The van der Waals surface area contributed by atoms with Crippen LogP contribution in [0.15, 0.2) is 18.2 Å². The summed E-state index contributed by atoms with van der Waals surface area (Å²) in [6, 6.07) is 5.55. The number of aromatic nitrogens is 1. The van der Waals surface area contributed by atoms with Crippen LogP contribution in [0, 0.1) is 6.92 Å². The Morgan fingerprint density at radius 1 is 1.30 bits per heavy atom. The lowest BCUT2D eigenvalue weighted by Crippen LogP contribution is -2.12. The van der Waals surface area contributed by atoms with Gasteiger partial charge in [-0.15, -0.1) is 11.3 Å². The lowest BCUT2D eigenvalue weighted by molar-refractivity contribution is -0.138. The Morgan fingerprint density at radius 2 is 2.09 bits per heavy atom. The van der Waals surface area contributed by atoms with Gasteiger partial charge in [-0.2, -0.15) is 0 Å². The lowest BCUT2D eigenvalue weighted by atomic mass is 10.1. The van der Waals surface area contributed by atoms with Gasteiger partial charge in [0.05, 0.1) is 12.1 Å². The summed E-state index contributed by atoms with van der Waals surface area (Å²) >= 11 is 1.34. The fourth-order valence-corrected chi connectivity index (χ4v) is 3.02. The van der Waals surface area contributed by atoms with Crippen molar-refractivity contribution in [2.24, 2.45) is 0 Å². The standard InChI is InChI=1S/C15H14N2O5S/c1-8-14(9-2-3-10-11(6-9)22-7-21-10)17-15(23-8)16-12(18)4-5-13(19)20/h2-3,6H,4-5,7H2,1H3,(H,19,20)(H,16,17,18). The van der Waals surface area contributed by atoms with Crippen LogP contribution in [0.25, 0.3) is 11.3 Å². The van der Waals surface area contributed by atoms with Crippen LogP contribution in [-0.2, 0) is 9.59 Å². The molecule has 1 aromatic heterocycles. The Labute approximate surface area is 135 Å². The van der Waals surface area contributed by atoms with Gasteiger partial charge in [-0.25, -0.2) is 4.98 Å². The second kappa shape index (κ2) is 6.25. The molecule has 1 amide bonds. The average molecular weight is 334 g/mol. The van der Waals surface area contributed by atoms with Crippen molar-refractivity contribution >= 4 is 28.3 Å². The number of hydrogen-bond acceptors (Lipinski definition) is 6. The number of nitrogens with zero attached hydrogens (tertiary/aromatic N) is 1. The summed E-state index contributed by atoms with van der Waals surface area (Å²) in [5, 5.41) is 11.7. The van der Waals surface area contributed by atoms with Crippen molar-refractivity contribution in [3.8, 4) is 22.8 Å². The molecule has 8 heteroatoms. The first-order chi connectivity index (χ1) is 11.0. The summed E-state index contributed by atoms with van der Waals surface area (Å²) in [4.78, 5) is 27.5. The van der Waals surface area contributed by atoms with Crippen molar-refractivity contribution < 1.29 is 24.2 Å². The van der Waals surface area contributed by atoms with Gasteiger partial charge < -0.3 is 19.9 Å². The van der Waals surface area contributed by atoms with Crippen molar-refractivity contribution in [1.29, 1.82) is 0 Å². The Morgan fingerprint density at radius 3 is 2.87 bits per heavy atom. The molecule has 3 rings (SSSR count). The van der Waals surface area contributed by atoms with E-state index in [-0.39, 0.29) is 25.5 Å². The Bertz CT molecular complexity index is 771. The number of aliphatic carboxylic acids is 1. The van der Waals surface area contributed by atoms with Gasteiger partial charge in [-0.05, 0) is 25.1 Å². The molecule has 0 fully saturated rings. The second-order valence-corrected chi connectivity index (χ2v) is 6.14. The van der Waals surface area contributed by atoms with Crippen LogP contribution in [0.2, 0.25) is 0 Å². The third-order valence-electron chi connectivity index (χ3n) is 3.25. The number of amides is 1. The number of carboxylic acids is 1. The first-order valence-corrected chi connectivity index (χ1v) is 7.73. The largest absolute Gasteiger partial charge is 0.481 e. The van der Waals surface area contributed by atoms with Crippen molar-refractivity contribution in [3.63, 3.8) is 0 Å². The van der Waals surface area contributed by atoms with E-state index in [4.69, 9.17) is 14.6 Å². The normalized spacial score (nSPS) is 12.2. The monoisotopic (exact) mass is 334 g/mol. The van der Waals surface area contributed by atoms with E-state index >= 15 is 0 Å². The van der Waals surface area contributed by atoms with Crippen LogP contribution in [-0.4, -0.2) is 28.8 Å². The highest BCUT2D eigenvalue weighted by Crippen LogP contribution is 2.38. The van der Waals surface area contributed by atoms with Crippen LogP contribution < -0.4 is 14.8 Å². The van der Waals surface area contributed by atoms with Crippen LogP contribution in [0.4, 0.5) is 5.13 Å². The van der Waals surface area contributed by atoms with E-state index in [0.29, 0.717) is 16.6 Å². The zero-order chi connectivity index (χ0) is 16.4. The molecular formula is C15H14N2O5S. The minimum atomic E-state index is -1.00. The van der Waals surface area contributed by atoms with Gasteiger partial charge in [-0.1, -0.05) is 0 Å². The molecule has 0 bridgehead atoms. The summed E-state index contributed by atoms with van der Waals surface area (Å²) in [6.45, 7) is 2.12. The van der Waals surface area contributed by atoms with Gasteiger partial charge in [0.15, 0.2) is 16.6 Å². The lowest BCUT2D eigenvalue weighted by Gasteiger charge is -2.01. The predicted octanol–water partition coefficient (Wildman–Crippen LogP) is 2.65. The van der Waals surface area contributed by atoms with Gasteiger partial charge in [0.2, 0.25) is 12.7 Å². The fraction of sp³-hybridized carbons (Fsp3) is 0.267. The number of aryl methyl sites for hydroxylation is 1. The fourth-order valence-electron chi connectivity index (χ4n) is 2.16. The van der Waals surface area contributed by atoms with E-state index < -0.39 is 5.97 Å². The molecule has 2 heterocycles. The van der Waals surface area contributed by atoms with E-state index in [2.05, 4.69) is 10.3 Å². The molecule has 23 heavy (non-hydrogen) atoms. The van der Waals surface area contributed by atoms with Crippen LogP contribution >= 0.6 is 11.3 Å². The summed E-state index contributed by atoms with van der Waals surface area (Å²) in [5.74, 6) is 0.000628. The molecule has 0 aliphatic carbocycles. The molecule has 0 saturated carbocycles. The molecule has 1 aliphatic heterocycles. The van der Waals surface area contributed by atoms with E-state index in [1.807, 2.05) is 25.1 Å². The van der Waals surface area contributed by atoms with Crippen molar-refractivity contribution in [2.45, 2.75) is 19.8 Å². The number of fused-ring (bicyclic) bond motifs is 1. The highest BCUT2D eigenvalue weighted by Gasteiger charge is 2.17. The predicted molar refractivity (Wildman–Crippen MR) is 83.9 cm³/mol. The van der Waals surface area contributed by atoms with Crippen molar-refractivity contribution in [3.05, 3.63) is 23.1 Å². The molecule has 7 nitrogen and oxygen atoms in total. The SMILES string of the molecule is Cc1sc(NC(=O)CCC(=O)O)nc1-c1ccc2c(c1)OCO2. The molecule has 2 aromatic rings. The van der Waals surface area contributed by atoms with Crippen LogP contribution in [0.5, 0.6) is 11.5 Å². The van der Waals surface area contributed by atoms with Crippen molar-refractivity contribution in [2.75, 3.05) is 12.1 Å². The van der Waals surface area contributed by atoms with E-state index in [1.54, 1.807) is 0 Å². The molecule has 2 N–H and O–H groups in total. The maximum absolute atomic E-state index is 11.7. The van der Waals surface area contributed by atoms with Gasteiger partial charge in [0.25, 0.3) is 0 Å². The molecule has 0 spiro atoms. The van der Waals surface area contributed by atoms with Gasteiger partial charge in [0, 0.05) is 16.9 Å². The summed E-state index contributed by atoms with van der Waals surface area (Å²) in [7, 11) is 0. The maximum Gasteiger partial charge on any atom is 0.303 e. The average Bonchev–Trinajstić information content (AvgIpc) is 3.10. The molecule has 1 aromatic carbocycles. The van der Waals surface area contributed by atoms with E-state index in [9.17, 15) is 9.59 Å².